The van der Waals surface area contributed by atoms with Crippen LogP contribution in [0.1, 0.15) is 32.6 Å². The fourth-order valence-corrected chi connectivity index (χ4v) is 2.22. The topological polar surface area (TPSA) is 20.3 Å². The van der Waals surface area contributed by atoms with Crippen LogP contribution in [0.3, 0.4) is 0 Å². The Morgan fingerprint density at radius 1 is 1.19 bits per heavy atom. The van der Waals surface area contributed by atoms with Crippen LogP contribution in [-0.4, -0.2) is 23.9 Å². The summed E-state index contributed by atoms with van der Waals surface area (Å²) in [6.07, 6.45) is 12.2. The molecule has 86 valence electrons. The Kier molecular flexibility index (Phi) is 3.60. The van der Waals surface area contributed by atoms with E-state index in [4.69, 9.17) is 0 Å². The van der Waals surface area contributed by atoms with Gasteiger partial charge in [-0.25, -0.2) is 0 Å². The van der Waals surface area contributed by atoms with E-state index in [1.54, 1.807) is 0 Å². The van der Waals surface area contributed by atoms with Gasteiger partial charge in [-0.1, -0.05) is 29.9 Å². The molecule has 0 aromatic heterocycles. The Labute approximate surface area is 97.3 Å². The lowest BCUT2D eigenvalue weighted by atomic mass is 10.1. The summed E-state index contributed by atoms with van der Waals surface area (Å²) in [6, 6.07) is 0. The molecule has 0 N–H and O–H groups in total. The van der Waals surface area contributed by atoms with E-state index in [-0.39, 0.29) is 0 Å². The van der Waals surface area contributed by atoms with Crippen LogP contribution < -0.4 is 0 Å². The number of likely N-dealkylation sites (tertiary alicyclic amines) is 1. The number of hydrogen-bond acceptors (Lipinski definition) is 1. The van der Waals surface area contributed by atoms with Gasteiger partial charge >= 0.3 is 0 Å². The van der Waals surface area contributed by atoms with Crippen molar-refractivity contribution in [2.24, 2.45) is 0 Å². The first kappa shape index (κ1) is 11.2. The van der Waals surface area contributed by atoms with Gasteiger partial charge in [0.2, 0.25) is 5.91 Å². The number of allylic oxidation sites excluding steroid dienone is 6. The second kappa shape index (κ2) is 5.15. The van der Waals surface area contributed by atoms with E-state index in [0.717, 1.165) is 19.5 Å². The lowest BCUT2D eigenvalue weighted by Gasteiger charge is -2.15. The van der Waals surface area contributed by atoms with Crippen molar-refractivity contribution in [3.8, 4) is 0 Å². The second-order valence-corrected chi connectivity index (χ2v) is 4.54. The summed E-state index contributed by atoms with van der Waals surface area (Å²) in [5.74, 6) is 0.323. The fraction of sp³-hybridized carbons (Fsp3) is 0.500. The third kappa shape index (κ3) is 2.63. The molecule has 0 aromatic rings. The first-order valence-corrected chi connectivity index (χ1v) is 6.09. The van der Waals surface area contributed by atoms with Crippen molar-refractivity contribution in [2.45, 2.75) is 32.6 Å². The molecule has 16 heavy (non-hydrogen) atoms. The molecule has 2 nitrogen and oxygen atoms in total. The molecule has 0 saturated carbocycles. The maximum absolute atomic E-state index is 11.8. The summed E-state index contributed by atoms with van der Waals surface area (Å²) in [5, 5.41) is 0. The quantitative estimate of drug-likeness (QED) is 0.712. The zero-order chi connectivity index (χ0) is 11.4. The van der Waals surface area contributed by atoms with E-state index in [2.05, 4.69) is 19.1 Å². The first-order valence-electron chi connectivity index (χ1n) is 6.09. The lowest BCUT2D eigenvalue weighted by Crippen LogP contribution is -2.27. The van der Waals surface area contributed by atoms with Crippen LogP contribution in [0.2, 0.25) is 0 Å². The van der Waals surface area contributed by atoms with E-state index in [1.807, 2.05) is 17.1 Å². The van der Waals surface area contributed by atoms with Crippen molar-refractivity contribution < 1.29 is 4.79 Å². The Morgan fingerprint density at radius 3 is 2.44 bits per heavy atom. The van der Waals surface area contributed by atoms with Gasteiger partial charge in [-0.3, -0.25) is 4.79 Å². The van der Waals surface area contributed by atoms with Crippen molar-refractivity contribution in [3.05, 3.63) is 35.5 Å². The number of amides is 1. The molecule has 2 aliphatic rings. The average molecular weight is 217 g/mol. The van der Waals surface area contributed by atoms with Crippen LogP contribution >= 0.6 is 0 Å². The maximum atomic E-state index is 11.8. The SMILES string of the molecule is CC(CCC(=O)N1CCCC1)=C1C=CC=C1. The summed E-state index contributed by atoms with van der Waals surface area (Å²) < 4.78 is 0. The number of nitrogens with zero attached hydrogens (tertiary/aromatic N) is 1. The van der Waals surface area contributed by atoms with Crippen LogP contribution in [0.25, 0.3) is 0 Å². The smallest absolute Gasteiger partial charge is 0.222 e. The molecule has 1 aliphatic heterocycles. The van der Waals surface area contributed by atoms with Crippen LogP contribution in [-0.2, 0) is 4.79 Å². The predicted octanol–water partition coefficient (Wildman–Crippen LogP) is 2.83. The average Bonchev–Trinajstić information content (AvgIpc) is 2.95. The van der Waals surface area contributed by atoms with Gasteiger partial charge in [0.05, 0.1) is 0 Å². The van der Waals surface area contributed by atoms with E-state index in [0.29, 0.717) is 12.3 Å². The highest BCUT2D eigenvalue weighted by Gasteiger charge is 2.17. The number of carbonyl (C=O) groups excluding carboxylic acids is 1. The predicted molar refractivity (Wildman–Crippen MR) is 66.0 cm³/mol. The van der Waals surface area contributed by atoms with Gasteiger partial charge in [0.25, 0.3) is 0 Å². The summed E-state index contributed by atoms with van der Waals surface area (Å²) in [7, 11) is 0. The van der Waals surface area contributed by atoms with E-state index >= 15 is 0 Å². The van der Waals surface area contributed by atoms with E-state index < -0.39 is 0 Å². The largest absolute Gasteiger partial charge is 0.343 e. The minimum absolute atomic E-state index is 0.323. The third-order valence-electron chi connectivity index (χ3n) is 3.33. The molecule has 2 rings (SSSR count). The molecule has 1 aliphatic carbocycles. The molecule has 0 radical (unpaired) electrons. The maximum Gasteiger partial charge on any atom is 0.222 e. The molecular formula is C14H19NO. The minimum Gasteiger partial charge on any atom is -0.343 e. The lowest BCUT2D eigenvalue weighted by molar-refractivity contribution is -0.130. The van der Waals surface area contributed by atoms with Gasteiger partial charge < -0.3 is 4.90 Å². The highest BCUT2D eigenvalue weighted by Crippen LogP contribution is 2.18. The van der Waals surface area contributed by atoms with Crippen molar-refractivity contribution >= 4 is 5.91 Å². The zero-order valence-corrected chi connectivity index (χ0v) is 9.91. The van der Waals surface area contributed by atoms with Gasteiger partial charge in [-0.2, -0.15) is 0 Å². The Balaban J connectivity index is 1.83. The monoisotopic (exact) mass is 217 g/mol. The Bertz CT molecular complexity index is 343. The molecule has 0 aromatic carbocycles. The van der Waals surface area contributed by atoms with E-state index in [9.17, 15) is 4.79 Å². The first-order chi connectivity index (χ1) is 7.77. The van der Waals surface area contributed by atoms with Gasteiger partial charge in [0, 0.05) is 19.5 Å². The standard InChI is InChI=1S/C14H19NO/c1-12(13-6-2-3-7-13)8-9-14(16)15-10-4-5-11-15/h2-3,6-7H,4-5,8-11H2,1H3. The van der Waals surface area contributed by atoms with Crippen LogP contribution in [0, 0.1) is 0 Å². The minimum atomic E-state index is 0.323. The van der Waals surface area contributed by atoms with Crippen molar-refractivity contribution in [3.63, 3.8) is 0 Å². The molecule has 0 bridgehead atoms. The molecule has 0 unspecified atom stereocenters. The van der Waals surface area contributed by atoms with Gasteiger partial charge in [-0.05, 0) is 31.8 Å². The number of rotatable bonds is 3. The highest BCUT2D eigenvalue weighted by atomic mass is 16.2. The third-order valence-corrected chi connectivity index (χ3v) is 3.33. The molecular weight excluding hydrogens is 198 g/mol. The Morgan fingerprint density at radius 2 is 1.81 bits per heavy atom. The fourth-order valence-electron chi connectivity index (χ4n) is 2.22. The summed E-state index contributed by atoms with van der Waals surface area (Å²) in [6.45, 7) is 4.05. The summed E-state index contributed by atoms with van der Waals surface area (Å²) in [4.78, 5) is 13.8. The van der Waals surface area contributed by atoms with Crippen molar-refractivity contribution in [2.75, 3.05) is 13.1 Å². The summed E-state index contributed by atoms with van der Waals surface area (Å²) >= 11 is 0. The number of carbonyl (C=O) groups is 1. The molecule has 1 fully saturated rings. The highest BCUT2D eigenvalue weighted by molar-refractivity contribution is 5.76. The van der Waals surface area contributed by atoms with Crippen LogP contribution in [0.4, 0.5) is 0 Å². The molecule has 0 atom stereocenters. The second-order valence-electron chi connectivity index (χ2n) is 4.54. The Hall–Kier alpha value is -1.31. The number of hydrogen-bond donors (Lipinski definition) is 0. The van der Waals surface area contributed by atoms with E-state index in [1.165, 1.54) is 24.0 Å². The van der Waals surface area contributed by atoms with Gasteiger partial charge in [-0.15, -0.1) is 0 Å². The van der Waals surface area contributed by atoms with Gasteiger partial charge in [0.1, 0.15) is 0 Å². The van der Waals surface area contributed by atoms with Crippen LogP contribution in [0.5, 0.6) is 0 Å². The van der Waals surface area contributed by atoms with Gasteiger partial charge in [0.15, 0.2) is 0 Å². The van der Waals surface area contributed by atoms with Crippen molar-refractivity contribution in [1.29, 1.82) is 0 Å². The van der Waals surface area contributed by atoms with Crippen LogP contribution in [0.15, 0.2) is 35.5 Å². The molecule has 0 spiro atoms. The zero-order valence-electron chi connectivity index (χ0n) is 9.91. The molecule has 1 saturated heterocycles. The normalized spacial score (nSPS) is 18.6. The molecule has 2 heteroatoms. The summed E-state index contributed by atoms with van der Waals surface area (Å²) in [5.41, 5.74) is 2.59. The van der Waals surface area contributed by atoms with Crippen molar-refractivity contribution in [1.82, 2.24) is 4.90 Å². The molecule has 1 amide bonds. The molecule has 1 heterocycles.